The molecule has 0 heterocycles. The first-order valence-corrected chi connectivity index (χ1v) is 8.29. The summed E-state index contributed by atoms with van der Waals surface area (Å²) < 4.78 is 0. The van der Waals surface area contributed by atoms with Gasteiger partial charge in [-0.05, 0) is 36.5 Å². The van der Waals surface area contributed by atoms with E-state index in [1.54, 1.807) is 0 Å². The minimum atomic E-state index is -0.530. The van der Waals surface area contributed by atoms with Gasteiger partial charge in [0.25, 0.3) is 0 Å². The van der Waals surface area contributed by atoms with Gasteiger partial charge in [0.2, 0.25) is 0 Å². The number of aliphatic hydroxyl groups is 1. The van der Waals surface area contributed by atoms with Gasteiger partial charge in [0.15, 0.2) is 0 Å². The van der Waals surface area contributed by atoms with Crippen molar-refractivity contribution >= 4 is 5.78 Å². The van der Waals surface area contributed by atoms with Crippen molar-refractivity contribution < 1.29 is 9.90 Å². The first kappa shape index (κ1) is 17.4. The Morgan fingerprint density at radius 3 is 2.09 bits per heavy atom. The van der Waals surface area contributed by atoms with Crippen LogP contribution in [-0.4, -0.2) is 17.5 Å². The summed E-state index contributed by atoms with van der Waals surface area (Å²) >= 11 is 0. The molecule has 122 valence electrons. The second kappa shape index (κ2) is 7.56. The Morgan fingerprint density at radius 2 is 1.57 bits per heavy atom. The second-order valence-corrected chi connectivity index (χ2v) is 6.65. The highest BCUT2D eigenvalue weighted by Gasteiger charge is 2.30. The van der Waals surface area contributed by atoms with Crippen LogP contribution in [0.4, 0.5) is 0 Å². The van der Waals surface area contributed by atoms with E-state index in [1.807, 2.05) is 51.1 Å². The molecule has 0 radical (unpaired) electrons. The SMILES string of the molecule is CC[C@H](CO)CC(=O)C(C)(C)c1ccc(-c2ccccc2)cc1. The number of Topliss-reactive ketones (excluding diaryl/α,β-unsaturated/α-hetero) is 1. The number of hydrogen-bond acceptors (Lipinski definition) is 2. The lowest BCUT2D eigenvalue weighted by Crippen LogP contribution is -2.31. The van der Waals surface area contributed by atoms with Gasteiger partial charge in [-0.2, -0.15) is 0 Å². The van der Waals surface area contributed by atoms with Crippen LogP contribution >= 0.6 is 0 Å². The molecule has 0 aliphatic carbocycles. The molecule has 2 aromatic rings. The van der Waals surface area contributed by atoms with Crippen molar-refractivity contribution in [2.45, 2.75) is 39.0 Å². The zero-order valence-electron chi connectivity index (χ0n) is 14.3. The van der Waals surface area contributed by atoms with Crippen molar-refractivity contribution in [1.29, 1.82) is 0 Å². The highest BCUT2D eigenvalue weighted by molar-refractivity contribution is 5.89. The normalized spacial score (nSPS) is 12.9. The summed E-state index contributed by atoms with van der Waals surface area (Å²) in [4.78, 5) is 12.6. The van der Waals surface area contributed by atoms with E-state index in [4.69, 9.17) is 0 Å². The lowest BCUT2D eigenvalue weighted by atomic mass is 9.77. The lowest BCUT2D eigenvalue weighted by Gasteiger charge is -2.26. The van der Waals surface area contributed by atoms with Crippen LogP contribution in [0.25, 0.3) is 11.1 Å². The van der Waals surface area contributed by atoms with Crippen molar-refractivity contribution in [3.63, 3.8) is 0 Å². The summed E-state index contributed by atoms with van der Waals surface area (Å²) in [5.74, 6) is 0.247. The minimum Gasteiger partial charge on any atom is -0.396 e. The molecule has 1 atom stereocenters. The lowest BCUT2D eigenvalue weighted by molar-refractivity contribution is -0.124. The van der Waals surface area contributed by atoms with E-state index >= 15 is 0 Å². The number of hydrogen-bond donors (Lipinski definition) is 1. The van der Waals surface area contributed by atoms with Crippen LogP contribution in [0.2, 0.25) is 0 Å². The monoisotopic (exact) mass is 310 g/mol. The molecule has 0 aromatic heterocycles. The third kappa shape index (κ3) is 4.08. The number of benzene rings is 2. The first-order chi connectivity index (χ1) is 11.0. The maximum Gasteiger partial charge on any atom is 0.143 e. The van der Waals surface area contributed by atoms with E-state index in [0.717, 1.165) is 17.5 Å². The summed E-state index contributed by atoms with van der Waals surface area (Å²) in [7, 11) is 0. The average Bonchev–Trinajstić information content (AvgIpc) is 2.60. The van der Waals surface area contributed by atoms with Gasteiger partial charge in [-0.3, -0.25) is 4.79 Å². The molecule has 0 aliphatic rings. The maximum absolute atomic E-state index is 12.6. The van der Waals surface area contributed by atoms with E-state index in [1.165, 1.54) is 5.56 Å². The van der Waals surface area contributed by atoms with Gasteiger partial charge in [-0.15, -0.1) is 0 Å². The minimum absolute atomic E-state index is 0.0605. The van der Waals surface area contributed by atoms with Gasteiger partial charge >= 0.3 is 0 Å². The molecular formula is C21H26O2. The van der Waals surface area contributed by atoms with Crippen LogP contribution in [0.5, 0.6) is 0 Å². The molecular weight excluding hydrogens is 284 g/mol. The summed E-state index contributed by atoms with van der Waals surface area (Å²) in [5.41, 5.74) is 2.82. The van der Waals surface area contributed by atoms with Crippen LogP contribution < -0.4 is 0 Å². The predicted octanol–water partition coefficient (Wildman–Crippen LogP) is 4.61. The van der Waals surface area contributed by atoms with Crippen LogP contribution in [0.1, 0.15) is 39.2 Å². The molecule has 0 saturated carbocycles. The van der Waals surface area contributed by atoms with Gasteiger partial charge in [-0.1, -0.05) is 67.9 Å². The highest BCUT2D eigenvalue weighted by Crippen LogP contribution is 2.29. The molecule has 1 N–H and O–H groups in total. The van der Waals surface area contributed by atoms with Crippen LogP contribution in [0.3, 0.4) is 0 Å². The maximum atomic E-state index is 12.6. The van der Waals surface area contributed by atoms with Gasteiger partial charge in [0.05, 0.1) is 0 Å². The molecule has 23 heavy (non-hydrogen) atoms. The van der Waals surface area contributed by atoms with Crippen LogP contribution in [0.15, 0.2) is 54.6 Å². The number of aliphatic hydroxyl groups excluding tert-OH is 1. The fraction of sp³-hybridized carbons (Fsp3) is 0.381. The summed E-state index contributed by atoms with van der Waals surface area (Å²) in [5, 5.41) is 9.32. The predicted molar refractivity (Wildman–Crippen MR) is 95.4 cm³/mol. The van der Waals surface area contributed by atoms with Crippen LogP contribution in [-0.2, 0) is 10.2 Å². The van der Waals surface area contributed by atoms with Crippen LogP contribution in [0, 0.1) is 5.92 Å². The largest absolute Gasteiger partial charge is 0.396 e. The Morgan fingerprint density at radius 1 is 1.00 bits per heavy atom. The summed E-state index contributed by atoms with van der Waals surface area (Å²) in [6.07, 6.45) is 1.26. The molecule has 0 fully saturated rings. The van der Waals surface area contributed by atoms with Gasteiger partial charge in [0, 0.05) is 18.4 Å². The Balaban J connectivity index is 2.18. The van der Waals surface area contributed by atoms with Crippen molar-refractivity contribution in [3.8, 4) is 11.1 Å². The molecule has 0 amide bonds. The topological polar surface area (TPSA) is 37.3 Å². The third-order valence-electron chi connectivity index (χ3n) is 4.72. The van der Waals surface area contributed by atoms with Gasteiger partial charge in [0.1, 0.15) is 5.78 Å². The third-order valence-corrected chi connectivity index (χ3v) is 4.72. The number of carbonyl (C=O) groups is 1. The first-order valence-electron chi connectivity index (χ1n) is 8.29. The molecule has 2 aromatic carbocycles. The highest BCUT2D eigenvalue weighted by atomic mass is 16.3. The zero-order chi connectivity index (χ0) is 16.9. The second-order valence-electron chi connectivity index (χ2n) is 6.65. The van der Waals surface area contributed by atoms with E-state index in [-0.39, 0.29) is 18.3 Å². The molecule has 2 nitrogen and oxygen atoms in total. The average molecular weight is 310 g/mol. The molecule has 0 bridgehead atoms. The van der Waals surface area contributed by atoms with Crippen molar-refractivity contribution in [3.05, 3.63) is 60.2 Å². The summed E-state index contributed by atoms with van der Waals surface area (Å²) in [6, 6.07) is 18.4. The number of carbonyl (C=O) groups excluding carboxylic acids is 1. The van der Waals surface area contributed by atoms with E-state index in [9.17, 15) is 9.90 Å². The molecule has 0 saturated heterocycles. The van der Waals surface area contributed by atoms with E-state index in [2.05, 4.69) is 24.3 Å². The van der Waals surface area contributed by atoms with Gasteiger partial charge in [-0.25, -0.2) is 0 Å². The van der Waals surface area contributed by atoms with Crippen molar-refractivity contribution in [1.82, 2.24) is 0 Å². The standard InChI is InChI=1S/C21H26O2/c1-4-16(15-22)14-20(23)21(2,3)19-12-10-18(11-13-19)17-8-6-5-7-9-17/h5-13,16,22H,4,14-15H2,1-3H3/t16-/m0/s1. The molecule has 0 spiro atoms. The van der Waals surface area contributed by atoms with E-state index in [0.29, 0.717) is 6.42 Å². The molecule has 2 heteroatoms. The molecule has 2 rings (SSSR count). The van der Waals surface area contributed by atoms with Crippen molar-refractivity contribution in [2.75, 3.05) is 6.61 Å². The Hall–Kier alpha value is -1.93. The fourth-order valence-corrected chi connectivity index (χ4v) is 2.73. The fourth-order valence-electron chi connectivity index (χ4n) is 2.73. The number of rotatable bonds is 7. The van der Waals surface area contributed by atoms with Gasteiger partial charge < -0.3 is 5.11 Å². The number of ketones is 1. The van der Waals surface area contributed by atoms with Crippen molar-refractivity contribution in [2.24, 2.45) is 5.92 Å². The smallest absolute Gasteiger partial charge is 0.143 e. The summed E-state index contributed by atoms with van der Waals surface area (Å²) in [6.45, 7) is 6.02. The molecule has 0 unspecified atom stereocenters. The Bertz CT molecular complexity index is 623. The Kier molecular flexibility index (Phi) is 5.73. The quantitative estimate of drug-likeness (QED) is 0.811. The van der Waals surface area contributed by atoms with E-state index < -0.39 is 5.41 Å². The zero-order valence-corrected chi connectivity index (χ0v) is 14.3. The Labute approximate surface area is 139 Å². The molecule has 0 aliphatic heterocycles.